The first-order valence-electron chi connectivity index (χ1n) is 7.65. The summed E-state index contributed by atoms with van der Waals surface area (Å²) >= 11 is 11.8. The summed E-state index contributed by atoms with van der Waals surface area (Å²) in [5.74, 6) is -0.00688. The summed E-state index contributed by atoms with van der Waals surface area (Å²) in [6.07, 6.45) is 1.87. The number of benzene rings is 2. The van der Waals surface area contributed by atoms with Crippen LogP contribution in [0, 0.1) is 5.82 Å². The van der Waals surface area contributed by atoms with Crippen LogP contribution < -0.4 is 4.74 Å². The molecule has 126 valence electrons. The van der Waals surface area contributed by atoms with E-state index in [9.17, 15) is 9.18 Å². The van der Waals surface area contributed by atoms with E-state index in [0.29, 0.717) is 21.4 Å². The first-order chi connectivity index (χ1) is 11.5. The van der Waals surface area contributed by atoms with Gasteiger partial charge in [-0.15, -0.1) is 0 Å². The van der Waals surface area contributed by atoms with Gasteiger partial charge in [0.1, 0.15) is 11.6 Å². The van der Waals surface area contributed by atoms with Gasteiger partial charge < -0.3 is 9.64 Å². The Morgan fingerprint density at radius 3 is 2.58 bits per heavy atom. The minimum absolute atomic E-state index is 0.122. The molecule has 2 aromatic carbocycles. The van der Waals surface area contributed by atoms with Crippen molar-refractivity contribution in [3.8, 4) is 5.75 Å². The van der Waals surface area contributed by atoms with E-state index in [-0.39, 0.29) is 30.9 Å². The monoisotopic (exact) mass is 367 g/mol. The van der Waals surface area contributed by atoms with Gasteiger partial charge in [-0.3, -0.25) is 4.79 Å². The fourth-order valence-electron chi connectivity index (χ4n) is 2.41. The molecule has 6 heteroatoms. The highest BCUT2D eigenvalue weighted by molar-refractivity contribution is 6.42. The first-order valence-corrected chi connectivity index (χ1v) is 8.41. The first kappa shape index (κ1) is 17.1. The summed E-state index contributed by atoms with van der Waals surface area (Å²) in [4.78, 5) is 14.2. The van der Waals surface area contributed by atoms with Crippen molar-refractivity contribution in [2.45, 2.75) is 25.4 Å². The van der Waals surface area contributed by atoms with E-state index in [2.05, 4.69) is 0 Å². The number of carbonyl (C=O) groups is 1. The van der Waals surface area contributed by atoms with Gasteiger partial charge in [0.15, 0.2) is 6.61 Å². The lowest BCUT2D eigenvalue weighted by Gasteiger charge is -2.23. The molecule has 1 aliphatic rings. The third-order valence-corrected chi connectivity index (χ3v) is 4.60. The number of nitrogens with zero attached hydrogens (tertiary/aromatic N) is 1. The van der Waals surface area contributed by atoms with Crippen molar-refractivity contribution in [2.75, 3.05) is 6.61 Å². The maximum Gasteiger partial charge on any atom is 0.261 e. The molecular weight excluding hydrogens is 352 g/mol. The fourth-order valence-corrected chi connectivity index (χ4v) is 2.70. The van der Waals surface area contributed by atoms with Crippen molar-refractivity contribution >= 4 is 29.1 Å². The molecule has 24 heavy (non-hydrogen) atoms. The smallest absolute Gasteiger partial charge is 0.261 e. The Morgan fingerprint density at radius 1 is 1.17 bits per heavy atom. The molecule has 1 saturated carbocycles. The maximum absolute atomic E-state index is 13.8. The number of halogens is 3. The highest BCUT2D eigenvalue weighted by Gasteiger charge is 2.33. The van der Waals surface area contributed by atoms with Crippen LogP contribution in [0.2, 0.25) is 10.0 Å². The zero-order valence-electron chi connectivity index (χ0n) is 12.8. The number of ether oxygens (including phenoxy) is 1. The second-order valence-electron chi connectivity index (χ2n) is 5.71. The number of hydrogen-bond donors (Lipinski definition) is 0. The third-order valence-electron chi connectivity index (χ3n) is 3.86. The average molecular weight is 368 g/mol. The molecule has 0 unspecified atom stereocenters. The molecule has 0 aliphatic heterocycles. The molecular formula is C18H16Cl2FNO2. The lowest BCUT2D eigenvalue weighted by atomic mass is 10.2. The lowest BCUT2D eigenvalue weighted by molar-refractivity contribution is -0.134. The molecule has 2 aromatic rings. The van der Waals surface area contributed by atoms with Gasteiger partial charge in [-0.1, -0.05) is 41.4 Å². The Kier molecular flexibility index (Phi) is 5.27. The Balaban J connectivity index is 1.64. The second-order valence-corrected chi connectivity index (χ2v) is 6.52. The van der Waals surface area contributed by atoms with E-state index in [4.69, 9.17) is 27.9 Å². The Bertz CT molecular complexity index is 750. The van der Waals surface area contributed by atoms with Crippen LogP contribution in [-0.2, 0) is 11.3 Å². The highest BCUT2D eigenvalue weighted by Crippen LogP contribution is 2.30. The predicted molar refractivity (Wildman–Crippen MR) is 91.9 cm³/mol. The van der Waals surface area contributed by atoms with E-state index >= 15 is 0 Å². The summed E-state index contributed by atoms with van der Waals surface area (Å²) in [6.45, 7) is 0.129. The Morgan fingerprint density at radius 2 is 1.92 bits per heavy atom. The zero-order chi connectivity index (χ0) is 17.1. The largest absolute Gasteiger partial charge is 0.484 e. The van der Waals surface area contributed by atoms with E-state index in [1.165, 1.54) is 6.07 Å². The van der Waals surface area contributed by atoms with Crippen LogP contribution in [0.25, 0.3) is 0 Å². The Hall–Kier alpha value is -1.78. The molecule has 0 aromatic heterocycles. The minimum atomic E-state index is -0.304. The average Bonchev–Trinajstić information content (AvgIpc) is 3.40. The summed E-state index contributed by atoms with van der Waals surface area (Å²) in [5.41, 5.74) is 0.507. The second kappa shape index (κ2) is 7.41. The number of hydrogen-bond acceptors (Lipinski definition) is 2. The zero-order valence-corrected chi connectivity index (χ0v) is 14.4. The summed E-state index contributed by atoms with van der Waals surface area (Å²) in [6, 6.07) is 11.5. The van der Waals surface area contributed by atoms with E-state index in [1.807, 2.05) is 0 Å². The molecule has 0 spiro atoms. The van der Waals surface area contributed by atoms with Crippen LogP contribution in [0.15, 0.2) is 42.5 Å². The number of rotatable bonds is 6. The number of carbonyl (C=O) groups excluding carboxylic acids is 1. The summed E-state index contributed by atoms with van der Waals surface area (Å²) in [7, 11) is 0. The molecule has 0 saturated heterocycles. The van der Waals surface area contributed by atoms with Crippen molar-refractivity contribution in [1.82, 2.24) is 4.90 Å². The molecule has 0 heterocycles. The van der Waals surface area contributed by atoms with Gasteiger partial charge in [-0.2, -0.15) is 0 Å². The van der Waals surface area contributed by atoms with Crippen molar-refractivity contribution in [3.05, 3.63) is 63.9 Å². The molecule has 1 amide bonds. The molecule has 3 rings (SSSR count). The minimum Gasteiger partial charge on any atom is -0.484 e. The van der Waals surface area contributed by atoms with Crippen LogP contribution in [0.5, 0.6) is 5.75 Å². The molecule has 0 bridgehead atoms. The Labute approximate surface area is 149 Å². The van der Waals surface area contributed by atoms with Gasteiger partial charge in [0.2, 0.25) is 0 Å². The number of amides is 1. The highest BCUT2D eigenvalue weighted by atomic mass is 35.5. The SMILES string of the molecule is O=C(COc1ccc(Cl)c(Cl)c1)N(Cc1ccccc1F)C1CC1. The van der Waals surface area contributed by atoms with Gasteiger partial charge in [-0.05, 0) is 31.0 Å². The van der Waals surface area contributed by atoms with Crippen molar-refractivity contribution in [1.29, 1.82) is 0 Å². The molecule has 1 fully saturated rings. The van der Waals surface area contributed by atoms with Crippen LogP contribution >= 0.6 is 23.2 Å². The van der Waals surface area contributed by atoms with Crippen LogP contribution in [0.4, 0.5) is 4.39 Å². The predicted octanol–water partition coefficient (Wildman–Crippen LogP) is 4.70. The molecule has 1 aliphatic carbocycles. The van der Waals surface area contributed by atoms with E-state index in [1.54, 1.807) is 41.3 Å². The van der Waals surface area contributed by atoms with Gasteiger partial charge in [0.05, 0.1) is 10.0 Å². The fraction of sp³-hybridized carbons (Fsp3) is 0.278. The van der Waals surface area contributed by atoms with Crippen LogP contribution in [-0.4, -0.2) is 23.5 Å². The van der Waals surface area contributed by atoms with E-state index < -0.39 is 0 Å². The van der Waals surface area contributed by atoms with Gasteiger partial charge >= 0.3 is 0 Å². The quantitative estimate of drug-likeness (QED) is 0.740. The third kappa shape index (κ3) is 4.19. The molecule has 3 nitrogen and oxygen atoms in total. The maximum atomic E-state index is 13.8. The van der Waals surface area contributed by atoms with Crippen molar-refractivity contribution < 1.29 is 13.9 Å². The normalized spacial score (nSPS) is 13.6. The van der Waals surface area contributed by atoms with Gasteiger partial charge in [-0.25, -0.2) is 4.39 Å². The standard InChI is InChI=1S/C18H16Cl2FNO2/c19-15-8-7-14(9-16(15)20)24-11-18(23)22(13-5-6-13)10-12-3-1-2-4-17(12)21/h1-4,7-9,13H,5-6,10-11H2. The van der Waals surface area contributed by atoms with E-state index in [0.717, 1.165) is 12.8 Å². The molecule has 0 atom stereocenters. The lowest BCUT2D eigenvalue weighted by Crippen LogP contribution is -2.36. The van der Waals surface area contributed by atoms with Crippen molar-refractivity contribution in [3.63, 3.8) is 0 Å². The summed E-state index contributed by atoms with van der Waals surface area (Å²) < 4.78 is 19.3. The molecule has 0 radical (unpaired) electrons. The van der Waals surface area contributed by atoms with Crippen LogP contribution in [0.1, 0.15) is 18.4 Å². The molecule has 0 N–H and O–H groups in total. The van der Waals surface area contributed by atoms with Crippen molar-refractivity contribution in [2.24, 2.45) is 0 Å². The van der Waals surface area contributed by atoms with Crippen LogP contribution in [0.3, 0.4) is 0 Å². The van der Waals surface area contributed by atoms with Gasteiger partial charge in [0, 0.05) is 24.2 Å². The summed E-state index contributed by atoms with van der Waals surface area (Å²) in [5, 5.41) is 0.793. The van der Waals surface area contributed by atoms with Gasteiger partial charge in [0.25, 0.3) is 5.91 Å². The topological polar surface area (TPSA) is 29.5 Å².